The molecule has 16 heavy (non-hydrogen) atoms. The summed E-state index contributed by atoms with van der Waals surface area (Å²) >= 11 is 0. The van der Waals surface area contributed by atoms with Crippen molar-refractivity contribution >= 4 is 9.84 Å². The molecule has 0 aromatic rings. The molecule has 1 aliphatic rings. The van der Waals surface area contributed by atoms with Crippen LogP contribution in [-0.2, 0) is 14.6 Å². The van der Waals surface area contributed by atoms with E-state index < -0.39 is 15.9 Å². The van der Waals surface area contributed by atoms with E-state index in [1.807, 2.05) is 6.92 Å². The lowest BCUT2D eigenvalue weighted by atomic mass is 9.93. The molecule has 4 nitrogen and oxygen atoms in total. The van der Waals surface area contributed by atoms with Crippen LogP contribution in [0.1, 0.15) is 33.1 Å². The van der Waals surface area contributed by atoms with Crippen LogP contribution in [0.15, 0.2) is 0 Å². The highest BCUT2D eigenvalue weighted by Gasteiger charge is 2.30. The molecule has 1 saturated heterocycles. The number of aliphatic hydroxyl groups is 1. The Morgan fingerprint density at radius 1 is 1.50 bits per heavy atom. The number of hydrogen-bond acceptors (Lipinski definition) is 4. The summed E-state index contributed by atoms with van der Waals surface area (Å²) in [6.07, 6.45) is 1.64. The molecule has 1 heterocycles. The van der Waals surface area contributed by atoms with Gasteiger partial charge in [0.05, 0.1) is 18.0 Å². The van der Waals surface area contributed by atoms with E-state index in [4.69, 9.17) is 4.74 Å². The Kier molecular flexibility index (Phi) is 5.21. The number of ether oxygens (including phenoxy) is 1. The average Bonchev–Trinajstić information content (AvgIpc) is 2.64. The first kappa shape index (κ1) is 13.9. The normalized spacial score (nSPS) is 28.2. The van der Waals surface area contributed by atoms with Crippen molar-refractivity contribution in [3.8, 4) is 0 Å². The minimum atomic E-state index is -2.89. The van der Waals surface area contributed by atoms with Gasteiger partial charge >= 0.3 is 0 Å². The topological polar surface area (TPSA) is 63.6 Å². The van der Waals surface area contributed by atoms with Crippen LogP contribution in [0, 0.1) is 5.92 Å². The fourth-order valence-corrected chi connectivity index (χ4v) is 3.02. The minimum Gasteiger partial charge on any atom is -0.393 e. The molecule has 3 atom stereocenters. The van der Waals surface area contributed by atoms with Gasteiger partial charge in [0.1, 0.15) is 9.84 Å². The Bertz CT molecular complexity index is 299. The van der Waals surface area contributed by atoms with Gasteiger partial charge in [-0.05, 0) is 26.2 Å². The maximum absolute atomic E-state index is 11.3. The first-order valence-electron chi connectivity index (χ1n) is 5.96. The Morgan fingerprint density at radius 3 is 2.69 bits per heavy atom. The van der Waals surface area contributed by atoms with Crippen LogP contribution in [0.3, 0.4) is 0 Å². The van der Waals surface area contributed by atoms with Crippen molar-refractivity contribution in [3.05, 3.63) is 0 Å². The van der Waals surface area contributed by atoms with E-state index in [1.54, 1.807) is 6.92 Å². The van der Waals surface area contributed by atoms with Gasteiger partial charge in [-0.3, -0.25) is 0 Å². The Balaban J connectivity index is 2.27. The van der Waals surface area contributed by atoms with Crippen LogP contribution in [0.25, 0.3) is 0 Å². The standard InChI is InChI=1S/C11H22O4S/c1-3-16(13,14)8-4-5-11(12)10-6-7-15-9(10)2/h9-12H,3-8H2,1-2H3. The lowest BCUT2D eigenvalue weighted by molar-refractivity contribution is 0.0394. The molecule has 1 rings (SSSR count). The van der Waals surface area contributed by atoms with Crippen LogP contribution in [0.2, 0.25) is 0 Å². The molecule has 0 spiro atoms. The quantitative estimate of drug-likeness (QED) is 0.763. The van der Waals surface area contributed by atoms with E-state index in [2.05, 4.69) is 0 Å². The predicted molar refractivity (Wildman–Crippen MR) is 63.1 cm³/mol. The average molecular weight is 250 g/mol. The van der Waals surface area contributed by atoms with Crippen LogP contribution in [0.5, 0.6) is 0 Å². The van der Waals surface area contributed by atoms with Gasteiger partial charge in [0, 0.05) is 18.3 Å². The van der Waals surface area contributed by atoms with Crippen LogP contribution in [-0.4, -0.2) is 43.8 Å². The van der Waals surface area contributed by atoms with Gasteiger partial charge in [-0.25, -0.2) is 8.42 Å². The summed E-state index contributed by atoms with van der Waals surface area (Å²) in [5.74, 6) is 0.540. The third-order valence-electron chi connectivity index (χ3n) is 3.32. The summed E-state index contributed by atoms with van der Waals surface area (Å²) in [6.45, 7) is 4.32. The molecule has 0 bridgehead atoms. The fraction of sp³-hybridized carbons (Fsp3) is 1.00. The summed E-state index contributed by atoms with van der Waals surface area (Å²) in [6, 6.07) is 0. The molecule has 0 amide bonds. The lowest BCUT2D eigenvalue weighted by Gasteiger charge is -2.20. The van der Waals surface area contributed by atoms with Crippen molar-refractivity contribution in [2.24, 2.45) is 5.92 Å². The third kappa shape index (κ3) is 4.03. The summed E-state index contributed by atoms with van der Waals surface area (Å²) < 4.78 is 27.9. The van der Waals surface area contributed by atoms with E-state index in [0.717, 1.165) is 6.42 Å². The van der Waals surface area contributed by atoms with Crippen molar-refractivity contribution in [2.45, 2.75) is 45.3 Å². The molecule has 1 N–H and O–H groups in total. The number of rotatable bonds is 6. The first-order valence-corrected chi connectivity index (χ1v) is 7.78. The largest absolute Gasteiger partial charge is 0.393 e. The van der Waals surface area contributed by atoms with Gasteiger partial charge in [-0.15, -0.1) is 0 Å². The summed E-state index contributed by atoms with van der Waals surface area (Å²) in [5.41, 5.74) is 0. The predicted octanol–water partition coefficient (Wildman–Crippen LogP) is 0.987. The fourth-order valence-electron chi connectivity index (χ4n) is 2.12. The molecule has 5 heteroatoms. The van der Waals surface area contributed by atoms with E-state index in [9.17, 15) is 13.5 Å². The molecular formula is C11H22O4S. The van der Waals surface area contributed by atoms with Crippen molar-refractivity contribution < 1.29 is 18.3 Å². The van der Waals surface area contributed by atoms with E-state index in [1.165, 1.54) is 0 Å². The van der Waals surface area contributed by atoms with E-state index in [-0.39, 0.29) is 23.5 Å². The van der Waals surface area contributed by atoms with Crippen molar-refractivity contribution in [1.29, 1.82) is 0 Å². The second kappa shape index (κ2) is 5.98. The molecule has 0 aliphatic carbocycles. The van der Waals surface area contributed by atoms with E-state index >= 15 is 0 Å². The van der Waals surface area contributed by atoms with Crippen LogP contribution < -0.4 is 0 Å². The van der Waals surface area contributed by atoms with Gasteiger partial charge < -0.3 is 9.84 Å². The second-order valence-corrected chi connectivity index (χ2v) is 6.95. The highest BCUT2D eigenvalue weighted by Crippen LogP contribution is 2.26. The SMILES string of the molecule is CCS(=O)(=O)CCCC(O)C1CCOC1C. The van der Waals surface area contributed by atoms with Gasteiger partial charge in [-0.1, -0.05) is 6.92 Å². The monoisotopic (exact) mass is 250 g/mol. The highest BCUT2D eigenvalue weighted by atomic mass is 32.2. The molecule has 0 radical (unpaired) electrons. The zero-order valence-electron chi connectivity index (χ0n) is 10.1. The number of hydrogen-bond donors (Lipinski definition) is 1. The van der Waals surface area contributed by atoms with E-state index in [0.29, 0.717) is 19.4 Å². The van der Waals surface area contributed by atoms with Crippen LogP contribution in [0.4, 0.5) is 0 Å². The first-order chi connectivity index (χ1) is 7.46. The third-order valence-corrected chi connectivity index (χ3v) is 5.11. The summed E-state index contributed by atoms with van der Waals surface area (Å²) in [4.78, 5) is 0. The molecular weight excluding hydrogens is 228 g/mol. The van der Waals surface area contributed by atoms with Crippen molar-refractivity contribution in [3.63, 3.8) is 0 Å². The second-order valence-electron chi connectivity index (χ2n) is 4.47. The Morgan fingerprint density at radius 2 is 2.19 bits per heavy atom. The molecule has 0 saturated carbocycles. The molecule has 96 valence electrons. The number of aliphatic hydroxyl groups excluding tert-OH is 1. The van der Waals surface area contributed by atoms with Crippen molar-refractivity contribution in [2.75, 3.05) is 18.1 Å². The highest BCUT2D eigenvalue weighted by molar-refractivity contribution is 7.91. The number of sulfone groups is 1. The van der Waals surface area contributed by atoms with Gasteiger partial charge in [-0.2, -0.15) is 0 Å². The maximum atomic E-state index is 11.3. The molecule has 1 aliphatic heterocycles. The summed E-state index contributed by atoms with van der Waals surface area (Å²) in [7, 11) is -2.89. The molecule has 0 aromatic heterocycles. The molecule has 3 unspecified atom stereocenters. The summed E-state index contributed by atoms with van der Waals surface area (Å²) in [5, 5.41) is 9.91. The van der Waals surface area contributed by atoms with Crippen molar-refractivity contribution in [1.82, 2.24) is 0 Å². The van der Waals surface area contributed by atoms with Gasteiger partial charge in [0.15, 0.2) is 0 Å². The zero-order chi connectivity index (χ0) is 12.2. The van der Waals surface area contributed by atoms with Crippen LogP contribution >= 0.6 is 0 Å². The molecule has 0 aromatic carbocycles. The minimum absolute atomic E-state index is 0.0952. The lowest BCUT2D eigenvalue weighted by Crippen LogP contribution is -2.26. The zero-order valence-corrected chi connectivity index (χ0v) is 10.9. The van der Waals surface area contributed by atoms with Gasteiger partial charge in [0.2, 0.25) is 0 Å². The molecule has 1 fully saturated rings. The Hall–Kier alpha value is -0.130. The van der Waals surface area contributed by atoms with Gasteiger partial charge in [0.25, 0.3) is 0 Å². The smallest absolute Gasteiger partial charge is 0.150 e. The maximum Gasteiger partial charge on any atom is 0.150 e. The Labute approximate surface area is 97.9 Å².